The van der Waals surface area contributed by atoms with E-state index in [-0.39, 0.29) is 0 Å². The molecule has 0 atom stereocenters. The molecule has 0 aliphatic rings. The summed E-state index contributed by atoms with van der Waals surface area (Å²) in [5.74, 6) is 6.30. The molecule has 0 heterocycles. The Labute approximate surface area is 319 Å². The highest BCUT2D eigenvalue weighted by Crippen LogP contribution is 2.32. The van der Waals surface area contributed by atoms with E-state index in [9.17, 15) is 0 Å². The van der Waals surface area contributed by atoms with Crippen LogP contribution in [0.3, 0.4) is 0 Å². The Morgan fingerprint density at radius 2 is 0.537 bits per heavy atom. The van der Waals surface area contributed by atoms with Gasteiger partial charge in [0.2, 0.25) is 0 Å². The summed E-state index contributed by atoms with van der Waals surface area (Å²) in [6.45, 7) is 3.80. The topological polar surface area (TPSA) is 80.3 Å². The van der Waals surface area contributed by atoms with E-state index in [1.54, 1.807) is 56.9 Å². The van der Waals surface area contributed by atoms with Crippen LogP contribution in [0.25, 0.3) is 0 Å². The molecule has 0 aliphatic heterocycles. The fourth-order valence-electron chi connectivity index (χ4n) is 6.59. The molecule has 54 heavy (non-hydrogen) atoms. The molecule has 0 amide bonds. The molecule has 0 saturated carbocycles. The number of ether oxygens (including phenoxy) is 8. The number of benzene rings is 5. The smallest absolute Gasteiger partial charge is 0.123 e. The first-order chi connectivity index (χ1) is 26.3. The predicted octanol–water partition coefficient (Wildman–Crippen LogP) is 8.16. The van der Waals surface area contributed by atoms with Crippen LogP contribution in [-0.2, 0) is 39.3 Å². The third kappa shape index (κ3) is 10.3. The van der Waals surface area contributed by atoms with Crippen molar-refractivity contribution < 1.29 is 37.9 Å². The minimum atomic E-state index is 0.612. The molecule has 0 bridgehead atoms. The van der Waals surface area contributed by atoms with Crippen LogP contribution in [0.1, 0.15) is 33.4 Å². The van der Waals surface area contributed by atoms with Crippen molar-refractivity contribution in [2.45, 2.75) is 39.3 Å². The summed E-state index contributed by atoms with van der Waals surface area (Å²) in [6, 6.07) is 32.3. The van der Waals surface area contributed by atoms with E-state index in [2.05, 4.69) is 34.1 Å². The van der Waals surface area contributed by atoms with E-state index in [1.807, 2.05) is 72.8 Å². The first kappa shape index (κ1) is 39.6. The molecule has 0 unspecified atom stereocenters. The molecule has 0 aromatic heterocycles. The van der Waals surface area contributed by atoms with Gasteiger partial charge in [0.15, 0.2) is 0 Å². The number of rotatable bonds is 20. The molecule has 0 N–H and O–H groups in total. The molecule has 0 radical (unpaired) electrons. The average Bonchev–Trinajstić information content (AvgIpc) is 3.21. The quantitative estimate of drug-likeness (QED) is 0.0781. The fourth-order valence-corrected chi connectivity index (χ4v) is 6.59. The minimum absolute atomic E-state index is 0.612. The Morgan fingerprint density at radius 3 is 0.741 bits per heavy atom. The lowest BCUT2D eigenvalue weighted by molar-refractivity contribution is 0.237. The molecule has 10 heteroatoms. The maximum absolute atomic E-state index is 5.76. The molecular formula is C44H52N2O8. The zero-order valence-electron chi connectivity index (χ0n) is 32.6. The van der Waals surface area contributed by atoms with Gasteiger partial charge in [-0.3, -0.25) is 9.80 Å². The molecule has 0 aliphatic carbocycles. The van der Waals surface area contributed by atoms with Crippen LogP contribution >= 0.6 is 0 Å². The minimum Gasteiger partial charge on any atom is -0.497 e. The highest BCUT2D eigenvalue weighted by molar-refractivity contribution is 5.44. The fraction of sp³-hybridized carbons (Fsp3) is 0.318. The normalized spacial score (nSPS) is 11.0. The molecule has 5 rings (SSSR count). The molecule has 286 valence electrons. The van der Waals surface area contributed by atoms with Crippen molar-refractivity contribution in [1.82, 2.24) is 9.80 Å². The van der Waals surface area contributed by atoms with Gasteiger partial charge in [-0.25, -0.2) is 0 Å². The first-order valence-corrected chi connectivity index (χ1v) is 17.7. The van der Waals surface area contributed by atoms with Crippen LogP contribution in [0.15, 0.2) is 97.1 Å². The van der Waals surface area contributed by atoms with Crippen molar-refractivity contribution >= 4 is 0 Å². The summed E-state index contributed by atoms with van der Waals surface area (Å²) in [7, 11) is 13.5. The van der Waals surface area contributed by atoms with Gasteiger partial charge in [0.05, 0.1) is 56.9 Å². The van der Waals surface area contributed by atoms with Gasteiger partial charge in [-0.1, -0.05) is 24.3 Å². The van der Waals surface area contributed by atoms with Crippen LogP contribution in [0.5, 0.6) is 46.0 Å². The van der Waals surface area contributed by atoms with Gasteiger partial charge in [-0.2, -0.15) is 0 Å². The van der Waals surface area contributed by atoms with Gasteiger partial charge < -0.3 is 37.9 Å². The maximum Gasteiger partial charge on any atom is 0.123 e. The van der Waals surface area contributed by atoms with Crippen molar-refractivity contribution in [3.8, 4) is 46.0 Å². The lowest BCUT2D eigenvalue weighted by Crippen LogP contribution is -2.24. The number of methoxy groups -OCH3 is 8. The van der Waals surface area contributed by atoms with Crippen LogP contribution < -0.4 is 37.9 Å². The van der Waals surface area contributed by atoms with Gasteiger partial charge >= 0.3 is 0 Å². The predicted molar refractivity (Wildman–Crippen MR) is 211 cm³/mol. The van der Waals surface area contributed by atoms with E-state index >= 15 is 0 Å². The zero-order valence-corrected chi connectivity index (χ0v) is 32.6. The van der Waals surface area contributed by atoms with Gasteiger partial charge in [0.1, 0.15) is 46.0 Å². The van der Waals surface area contributed by atoms with E-state index in [0.717, 1.165) is 79.4 Å². The zero-order chi connectivity index (χ0) is 38.5. The average molecular weight is 737 g/mol. The van der Waals surface area contributed by atoms with Gasteiger partial charge in [0.25, 0.3) is 0 Å². The van der Waals surface area contributed by atoms with E-state index < -0.39 is 0 Å². The van der Waals surface area contributed by atoms with Gasteiger partial charge in [-0.15, -0.1) is 0 Å². The monoisotopic (exact) mass is 736 g/mol. The third-order valence-corrected chi connectivity index (χ3v) is 9.36. The second-order valence-electron chi connectivity index (χ2n) is 12.8. The van der Waals surface area contributed by atoms with Crippen molar-refractivity contribution in [3.63, 3.8) is 0 Å². The van der Waals surface area contributed by atoms with E-state index in [0.29, 0.717) is 39.3 Å². The number of hydrogen-bond acceptors (Lipinski definition) is 10. The summed E-state index contributed by atoms with van der Waals surface area (Å²) in [5, 5.41) is 0. The summed E-state index contributed by atoms with van der Waals surface area (Å²) in [5.41, 5.74) is 6.41. The van der Waals surface area contributed by atoms with Gasteiger partial charge in [-0.05, 0) is 83.9 Å². The molecule has 0 fully saturated rings. The van der Waals surface area contributed by atoms with E-state index in [4.69, 9.17) is 37.9 Å². The summed E-state index contributed by atoms with van der Waals surface area (Å²) >= 11 is 0. The number of nitrogens with zero attached hydrogens (tertiary/aromatic N) is 2. The lowest BCUT2D eigenvalue weighted by Gasteiger charge is -2.26. The Balaban J connectivity index is 1.44. The van der Waals surface area contributed by atoms with Crippen LogP contribution in [0.2, 0.25) is 0 Å². The first-order valence-electron chi connectivity index (χ1n) is 17.7. The molecule has 0 saturated heterocycles. The second-order valence-corrected chi connectivity index (χ2v) is 12.8. The van der Waals surface area contributed by atoms with Crippen LogP contribution in [0, 0.1) is 0 Å². The standard InChI is InChI=1S/C44H52N2O8/c1-47-37-13-17-41(51-5)33(21-37)27-45(28-34-22-38(48-2)14-18-42(34)52-6)25-31-9-11-32(12-10-31)26-46(29-35-23-39(49-3)15-19-43(35)53-7)30-36-24-40(50-4)16-20-44(36)54-8/h9-24H,25-30H2,1-8H3. The molecule has 5 aromatic rings. The summed E-state index contributed by atoms with van der Waals surface area (Å²) in [4.78, 5) is 4.72. The van der Waals surface area contributed by atoms with Crippen molar-refractivity contribution in [2.75, 3.05) is 56.9 Å². The van der Waals surface area contributed by atoms with Crippen LogP contribution in [-0.4, -0.2) is 66.7 Å². The van der Waals surface area contributed by atoms with Crippen LogP contribution in [0.4, 0.5) is 0 Å². The Morgan fingerprint density at radius 1 is 0.296 bits per heavy atom. The maximum atomic E-state index is 5.76. The van der Waals surface area contributed by atoms with Crippen molar-refractivity contribution in [2.24, 2.45) is 0 Å². The molecule has 10 nitrogen and oxygen atoms in total. The Kier molecular flexibility index (Phi) is 14.3. The largest absolute Gasteiger partial charge is 0.497 e. The van der Waals surface area contributed by atoms with Gasteiger partial charge in [0, 0.05) is 61.5 Å². The molecular weight excluding hydrogens is 684 g/mol. The van der Waals surface area contributed by atoms with E-state index in [1.165, 1.54) is 0 Å². The van der Waals surface area contributed by atoms with Crippen molar-refractivity contribution in [1.29, 1.82) is 0 Å². The summed E-state index contributed by atoms with van der Waals surface area (Å²) < 4.78 is 45.3. The SMILES string of the molecule is COc1ccc(OC)c(CN(Cc2ccc(CN(Cc3cc(OC)ccc3OC)Cc3cc(OC)ccc3OC)cc2)Cc2cc(OC)ccc2OC)c1. The lowest BCUT2D eigenvalue weighted by atomic mass is 10.1. The third-order valence-electron chi connectivity index (χ3n) is 9.36. The highest BCUT2D eigenvalue weighted by Gasteiger charge is 2.18. The summed E-state index contributed by atoms with van der Waals surface area (Å²) in [6.07, 6.45) is 0. The molecule has 0 spiro atoms. The molecule has 5 aromatic carbocycles. The second kappa shape index (κ2) is 19.5. The number of hydrogen-bond donors (Lipinski definition) is 0. The Hall–Kier alpha value is -5.58. The Bertz CT molecular complexity index is 1690. The van der Waals surface area contributed by atoms with Crippen molar-refractivity contribution in [3.05, 3.63) is 130 Å². The highest BCUT2D eigenvalue weighted by atomic mass is 16.5.